The van der Waals surface area contributed by atoms with Gasteiger partial charge in [-0.2, -0.15) is 5.10 Å². The topological polar surface area (TPSA) is 66.7 Å². The summed E-state index contributed by atoms with van der Waals surface area (Å²) in [6, 6.07) is 16.4. The summed E-state index contributed by atoms with van der Waals surface area (Å²) in [6.07, 6.45) is 3.45. The number of hydrogen-bond acceptors (Lipinski definition) is 3. The predicted octanol–water partition coefficient (Wildman–Crippen LogP) is 3.78. The molecule has 6 nitrogen and oxygen atoms in total. The summed E-state index contributed by atoms with van der Waals surface area (Å²) in [5, 5.41) is 6.95. The van der Waals surface area contributed by atoms with E-state index < -0.39 is 0 Å². The van der Waals surface area contributed by atoms with Crippen LogP contribution in [0.3, 0.4) is 0 Å². The van der Waals surface area contributed by atoms with Crippen molar-refractivity contribution in [3.05, 3.63) is 90.0 Å². The second kappa shape index (κ2) is 7.79. The van der Waals surface area contributed by atoms with E-state index in [1.807, 2.05) is 12.1 Å². The highest BCUT2D eigenvalue weighted by atomic mass is 19.1. The van der Waals surface area contributed by atoms with Crippen LogP contribution < -0.4 is 10.2 Å². The molecule has 0 aliphatic rings. The van der Waals surface area contributed by atoms with E-state index in [2.05, 4.69) is 10.4 Å². The van der Waals surface area contributed by atoms with Crippen molar-refractivity contribution in [2.45, 2.75) is 0 Å². The number of carbonyl (C=O) groups is 2. The number of halogens is 1. The second-order valence-corrected chi connectivity index (χ2v) is 6.80. The maximum Gasteiger partial charge on any atom is 0.258 e. The Kier molecular flexibility index (Phi) is 5.02. The number of anilines is 1. The first-order valence-corrected chi connectivity index (χ1v) is 9.31. The maximum absolute atomic E-state index is 13.2. The lowest BCUT2D eigenvalue weighted by Crippen LogP contribution is -2.26. The fourth-order valence-electron chi connectivity index (χ4n) is 3.26. The van der Waals surface area contributed by atoms with Crippen LogP contribution in [-0.2, 0) is 0 Å². The zero-order valence-corrected chi connectivity index (χ0v) is 16.5. The molecule has 30 heavy (non-hydrogen) atoms. The van der Waals surface area contributed by atoms with Gasteiger partial charge in [-0.3, -0.25) is 9.59 Å². The third-order valence-corrected chi connectivity index (χ3v) is 4.97. The molecule has 2 amide bonds. The van der Waals surface area contributed by atoms with Crippen molar-refractivity contribution >= 4 is 23.0 Å². The molecule has 4 aromatic rings. The minimum atomic E-state index is -0.354. The van der Waals surface area contributed by atoms with Crippen molar-refractivity contribution in [2.75, 3.05) is 19.0 Å². The number of nitrogens with zero attached hydrogens (tertiary/aromatic N) is 3. The van der Waals surface area contributed by atoms with E-state index in [0.29, 0.717) is 16.8 Å². The van der Waals surface area contributed by atoms with Crippen LogP contribution in [0.4, 0.5) is 10.1 Å². The predicted molar refractivity (Wildman–Crippen MR) is 113 cm³/mol. The monoisotopic (exact) mass is 402 g/mol. The number of carbonyl (C=O) groups excluding carboxylic acids is 2. The molecular weight excluding hydrogens is 383 g/mol. The Hall–Kier alpha value is -4.00. The fourth-order valence-corrected chi connectivity index (χ4v) is 3.26. The van der Waals surface area contributed by atoms with Crippen molar-refractivity contribution in [1.29, 1.82) is 0 Å². The van der Waals surface area contributed by atoms with Gasteiger partial charge < -0.3 is 10.2 Å². The molecule has 2 aromatic heterocycles. The van der Waals surface area contributed by atoms with Gasteiger partial charge in [-0.15, -0.1) is 0 Å². The van der Waals surface area contributed by atoms with E-state index in [9.17, 15) is 14.0 Å². The van der Waals surface area contributed by atoms with Gasteiger partial charge in [-0.25, -0.2) is 8.91 Å². The first-order chi connectivity index (χ1) is 14.5. The number of amides is 2. The Bertz CT molecular complexity index is 1230. The Morgan fingerprint density at radius 3 is 2.37 bits per heavy atom. The van der Waals surface area contributed by atoms with Gasteiger partial charge in [0, 0.05) is 42.7 Å². The highest BCUT2D eigenvalue weighted by molar-refractivity contribution is 6.06. The second-order valence-electron chi connectivity index (χ2n) is 6.80. The lowest BCUT2D eigenvalue weighted by Gasteiger charge is -2.17. The molecule has 4 rings (SSSR count). The number of hydrogen-bond donors (Lipinski definition) is 1. The van der Waals surface area contributed by atoms with E-state index in [-0.39, 0.29) is 17.6 Å². The quantitative estimate of drug-likeness (QED) is 0.565. The molecule has 0 saturated carbocycles. The van der Waals surface area contributed by atoms with Crippen molar-refractivity contribution in [3.63, 3.8) is 0 Å². The maximum atomic E-state index is 13.2. The van der Waals surface area contributed by atoms with Crippen LogP contribution in [0.25, 0.3) is 16.6 Å². The van der Waals surface area contributed by atoms with Gasteiger partial charge in [-0.05, 0) is 54.1 Å². The molecule has 0 spiro atoms. The lowest BCUT2D eigenvalue weighted by atomic mass is 10.0. The minimum Gasteiger partial charge on any atom is -0.355 e. The molecule has 2 heterocycles. The van der Waals surface area contributed by atoms with Crippen molar-refractivity contribution < 1.29 is 14.0 Å². The Morgan fingerprint density at radius 1 is 1.00 bits per heavy atom. The smallest absolute Gasteiger partial charge is 0.258 e. The number of fused-ring (bicyclic) bond motifs is 1. The SMILES string of the molecule is CNC(=O)c1ccc(-c2cnn3ccc(C(=O)N(C)c4ccc(F)cc4)cc23)cc1. The van der Waals surface area contributed by atoms with Gasteiger partial charge in [0.1, 0.15) is 5.82 Å². The molecule has 7 heteroatoms. The van der Waals surface area contributed by atoms with Crippen LogP contribution in [0.2, 0.25) is 0 Å². The van der Waals surface area contributed by atoms with Crippen LogP contribution >= 0.6 is 0 Å². The molecular formula is C23H19FN4O2. The van der Waals surface area contributed by atoms with Gasteiger partial charge in [0.25, 0.3) is 11.8 Å². The molecule has 0 atom stereocenters. The Morgan fingerprint density at radius 2 is 1.70 bits per heavy atom. The summed E-state index contributed by atoms with van der Waals surface area (Å²) in [4.78, 5) is 26.2. The summed E-state index contributed by atoms with van der Waals surface area (Å²) in [7, 11) is 3.23. The first-order valence-electron chi connectivity index (χ1n) is 9.31. The molecule has 0 unspecified atom stereocenters. The molecule has 0 aliphatic heterocycles. The van der Waals surface area contributed by atoms with Crippen LogP contribution in [0.15, 0.2) is 73.1 Å². The van der Waals surface area contributed by atoms with Gasteiger partial charge >= 0.3 is 0 Å². The highest BCUT2D eigenvalue weighted by Gasteiger charge is 2.16. The Balaban J connectivity index is 1.68. The summed E-state index contributed by atoms with van der Waals surface area (Å²) in [5.41, 5.74) is 4.14. The van der Waals surface area contributed by atoms with Crippen LogP contribution in [0, 0.1) is 5.82 Å². The van der Waals surface area contributed by atoms with Crippen LogP contribution in [-0.4, -0.2) is 35.5 Å². The van der Waals surface area contributed by atoms with Gasteiger partial charge in [-0.1, -0.05) is 12.1 Å². The van der Waals surface area contributed by atoms with Gasteiger partial charge in [0.15, 0.2) is 0 Å². The Labute approximate surface area is 172 Å². The van der Waals surface area contributed by atoms with Crippen molar-refractivity contribution in [1.82, 2.24) is 14.9 Å². The molecule has 1 N–H and O–H groups in total. The van der Waals surface area contributed by atoms with Crippen molar-refractivity contribution in [3.8, 4) is 11.1 Å². The van der Waals surface area contributed by atoms with E-state index in [1.165, 1.54) is 17.0 Å². The fraction of sp³-hybridized carbons (Fsp3) is 0.0870. The average Bonchev–Trinajstić information content (AvgIpc) is 3.21. The van der Waals surface area contributed by atoms with E-state index >= 15 is 0 Å². The molecule has 0 radical (unpaired) electrons. The third kappa shape index (κ3) is 3.53. The highest BCUT2D eigenvalue weighted by Crippen LogP contribution is 2.26. The number of rotatable bonds is 4. The lowest BCUT2D eigenvalue weighted by molar-refractivity contribution is 0.0961. The average molecular weight is 402 g/mol. The molecule has 2 aromatic carbocycles. The molecule has 0 fully saturated rings. The minimum absolute atomic E-state index is 0.155. The number of aromatic nitrogens is 2. The molecule has 0 saturated heterocycles. The largest absolute Gasteiger partial charge is 0.355 e. The van der Waals surface area contributed by atoms with Crippen molar-refractivity contribution in [2.24, 2.45) is 0 Å². The van der Waals surface area contributed by atoms with Gasteiger partial charge in [0.05, 0.1) is 11.7 Å². The van der Waals surface area contributed by atoms with Crippen LogP contribution in [0.1, 0.15) is 20.7 Å². The summed E-state index contributed by atoms with van der Waals surface area (Å²) in [6.45, 7) is 0. The van der Waals surface area contributed by atoms with Gasteiger partial charge in [0.2, 0.25) is 0 Å². The first kappa shape index (κ1) is 19.3. The van der Waals surface area contributed by atoms with E-state index in [4.69, 9.17) is 0 Å². The zero-order chi connectivity index (χ0) is 21.3. The van der Waals surface area contributed by atoms with E-state index in [0.717, 1.165) is 16.6 Å². The molecule has 0 aliphatic carbocycles. The zero-order valence-electron chi connectivity index (χ0n) is 16.5. The summed E-state index contributed by atoms with van der Waals surface area (Å²) < 4.78 is 14.9. The summed E-state index contributed by atoms with van der Waals surface area (Å²) in [5.74, 6) is -0.725. The molecule has 0 bridgehead atoms. The normalized spacial score (nSPS) is 10.8. The number of pyridine rings is 1. The standard InChI is InChI=1S/C23H19FN4O2/c1-25-22(29)16-5-3-15(4-6-16)20-14-26-28-12-11-17(13-21(20)28)23(30)27(2)19-9-7-18(24)8-10-19/h3-14H,1-2H3,(H,25,29). The van der Waals surface area contributed by atoms with Crippen LogP contribution in [0.5, 0.6) is 0 Å². The summed E-state index contributed by atoms with van der Waals surface area (Å²) >= 11 is 0. The molecule has 150 valence electrons. The third-order valence-electron chi connectivity index (χ3n) is 4.97. The number of benzene rings is 2. The number of nitrogens with one attached hydrogen (secondary N) is 1. The van der Waals surface area contributed by atoms with E-state index in [1.54, 1.807) is 67.4 Å².